The topological polar surface area (TPSA) is 75.0 Å². The molecule has 0 amide bonds. The zero-order valence-electron chi connectivity index (χ0n) is 21.5. The highest BCUT2D eigenvalue weighted by atomic mass is 35.5. The Kier molecular flexibility index (Phi) is 7.22. The van der Waals surface area contributed by atoms with Crippen LogP contribution in [0.3, 0.4) is 0 Å². The average molecular weight is 502 g/mol. The number of halogens is 1. The zero-order chi connectivity index (χ0) is 26.1. The second-order valence-electron chi connectivity index (χ2n) is 11.0. The Morgan fingerprint density at radius 3 is 2.42 bits per heavy atom. The molecule has 0 radical (unpaired) electrons. The number of piperidine rings is 1. The first-order valence-corrected chi connectivity index (χ1v) is 12.6. The number of carbonyl (C=O) groups is 1. The zero-order valence-corrected chi connectivity index (χ0v) is 22.2. The number of hydrogen-bond acceptors (Lipinski definition) is 5. The van der Waals surface area contributed by atoms with Crippen LogP contribution < -0.4 is 10.1 Å². The van der Waals surface area contributed by atoms with E-state index in [0.29, 0.717) is 40.0 Å². The maximum absolute atomic E-state index is 13.1. The molecule has 36 heavy (non-hydrogen) atoms. The fraction of sp³-hybridized carbons (Fsp3) is 0.367. The Labute approximate surface area is 218 Å². The van der Waals surface area contributed by atoms with Crippen molar-refractivity contribution in [2.75, 3.05) is 0 Å². The first-order valence-electron chi connectivity index (χ1n) is 12.2. The van der Waals surface area contributed by atoms with Gasteiger partial charge in [-0.3, -0.25) is 9.78 Å². The Hall–Kier alpha value is -3.20. The monoisotopic (exact) mass is 501 g/mol. The molecule has 186 valence electrons. The third kappa shape index (κ3) is 5.78. The molecule has 0 saturated carbocycles. The third-order valence-corrected chi connectivity index (χ3v) is 6.95. The standard InChI is InChI=1S/C30H32ClN3O2/c1-19-22(9-7-13-33-19)23-8-6-10-27(24(23)18-32)36-28-12-11-21(15-25(28)31)26(35)14-20-16-29(2,3)34-30(4,5)17-20/h6-13,15,20,34H,14,16-17H2,1-5H3. The second-order valence-corrected chi connectivity index (χ2v) is 11.4. The van der Waals surface area contributed by atoms with E-state index in [2.05, 4.69) is 44.1 Å². The lowest BCUT2D eigenvalue weighted by molar-refractivity contribution is 0.0864. The minimum atomic E-state index is -0.0105. The van der Waals surface area contributed by atoms with Crippen LogP contribution in [-0.4, -0.2) is 21.8 Å². The quantitative estimate of drug-likeness (QED) is 0.354. The van der Waals surface area contributed by atoms with Gasteiger partial charge in [-0.15, -0.1) is 0 Å². The van der Waals surface area contributed by atoms with E-state index in [1.54, 1.807) is 30.5 Å². The molecule has 1 N–H and O–H groups in total. The number of aromatic nitrogens is 1. The number of nitrogens with zero attached hydrogens (tertiary/aromatic N) is 2. The number of ketones is 1. The lowest BCUT2D eigenvalue weighted by Gasteiger charge is -2.46. The Bertz CT molecular complexity index is 1320. The summed E-state index contributed by atoms with van der Waals surface area (Å²) in [5.74, 6) is 1.18. The highest BCUT2D eigenvalue weighted by Gasteiger charge is 2.38. The molecule has 0 unspecified atom stereocenters. The van der Waals surface area contributed by atoms with Crippen LogP contribution in [0.15, 0.2) is 54.7 Å². The number of ether oxygens (including phenoxy) is 1. The predicted octanol–water partition coefficient (Wildman–Crippen LogP) is 7.50. The normalized spacial score (nSPS) is 16.8. The first-order chi connectivity index (χ1) is 17.0. The van der Waals surface area contributed by atoms with Gasteiger partial charge in [-0.05, 0) is 83.7 Å². The van der Waals surface area contributed by atoms with Gasteiger partial charge in [-0.2, -0.15) is 5.26 Å². The number of nitrogens with one attached hydrogen (secondary N) is 1. The van der Waals surface area contributed by atoms with Crippen LogP contribution in [0.25, 0.3) is 11.1 Å². The molecule has 1 aromatic heterocycles. The molecule has 2 aromatic carbocycles. The number of nitriles is 1. The molecule has 5 nitrogen and oxygen atoms in total. The number of carbonyl (C=O) groups excluding carboxylic acids is 1. The van der Waals surface area contributed by atoms with Crippen molar-refractivity contribution >= 4 is 17.4 Å². The van der Waals surface area contributed by atoms with Gasteiger partial charge >= 0.3 is 0 Å². The summed E-state index contributed by atoms with van der Waals surface area (Å²) in [5, 5.41) is 13.9. The van der Waals surface area contributed by atoms with Crippen LogP contribution in [-0.2, 0) is 0 Å². The van der Waals surface area contributed by atoms with Gasteiger partial charge in [0.05, 0.1) is 5.02 Å². The largest absolute Gasteiger partial charge is 0.454 e. The van der Waals surface area contributed by atoms with Crippen molar-refractivity contribution < 1.29 is 9.53 Å². The highest BCUT2D eigenvalue weighted by molar-refractivity contribution is 6.32. The molecule has 6 heteroatoms. The summed E-state index contributed by atoms with van der Waals surface area (Å²) in [6.07, 6.45) is 4.10. The number of hydrogen-bond donors (Lipinski definition) is 1. The van der Waals surface area contributed by atoms with Crippen LogP contribution in [0.5, 0.6) is 11.5 Å². The summed E-state index contributed by atoms with van der Waals surface area (Å²) in [7, 11) is 0. The summed E-state index contributed by atoms with van der Waals surface area (Å²) >= 11 is 6.55. The van der Waals surface area contributed by atoms with Crippen molar-refractivity contribution in [1.82, 2.24) is 10.3 Å². The number of rotatable bonds is 6. The smallest absolute Gasteiger partial charge is 0.163 e. The fourth-order valence-electron chi connectivity index (χ4n) is 5.66. The molecule has 1 aliphatic heterocycles. The van der Waals surface area contributed by atoms with E-state index >= 15 is 0 Å². The van der Waals surface area contributed by atoms with E-state index in [0.717, 1.165) is 29.7 Å². The summed E-state index contributed by atoms with van der Waals surface area (Å²) in [6, 6.07) is 16.6. The molecule has 0 spiro atoms. The molecule has 1 aliphatic rings. The maximum atomic E-state index is 13.1. The molecule has 1 fully saturated rings. The minimum absolute atomic E-state index is 0.0105. The van der Waals surface area contributed by atoms with E-state index < -0.39 is 0 Å². The van der Waals surface area contributed by atoms with Crippen LogP contribution in [0.2, 0.25) is 5.02 Å². The SMILES string of the molecule is Cc1ncccc1-c1cccc(Oc2ccc(C(=O)CC3CC(C)(C)NC(C)(C)C3)cc2Cl)c1C#N. The van der Waals surface area contributed by atoms with Crippen LogP contribution >= 0.6 is 11.6 Å². The van der Waals surface area contributed by atoms with Crippen molar-refractivity contribution in [2.24, 2.45) is 5.92 Å². The van der Waals surface area contributed by atoms with Gasteiger partial charge in [0.1, 0.15) is 23.1 Å². The first kappa shape index (κ1) is 25.9. The fourth-order valence-corrected chi connectivity index (χ4v) is 5.88. The summed E-state index contributed by atoms with van der Waals surface area (Å²) in [4.78, 5) is 17.5. The van der Waals surface area contributed by atoms with E-state index in [-0.39, 0.29) is 16.9 Å². The number of pyridine rings is 1. The van der Waals surface area contributed by atoms with E-state index in [1.807, 2.05) is 31.2 Å². The van der Waals surface area contributed by atoms with Crippen molar-refractivity contribution in [3.05, 3.63) is 76.6 Å². The number of benzene rings is 2. The molecule has 0 bridgehead atoms. The van der Waals surface area contributed by atoms with Gasteiger partial charge in [0.15, 0.2) is 5.78 Å². The van der Waals surface area contributed by atoms with E-state index in [9.17, 15) is 10.1 Å². The number of Topliss-reactive ketones (excluding diaryl/α,β-unsaturated/α-hetero) is 1. The average Bonchev–Trinajstić information content (AvgIpc) is 2.78. The van der Waals surface area contributed by atoms with Gasteiger partial charge in [0, 0.05) is 46.1 Å². The lowest BCUT2D eigenvalue weighted by Crippen LogP contribution is -2.57. The Morgan fingerprint density at radius 1 is 1.08 bits per heavy atom. The molecule has 2 heterocycles. The highest BCUT2D eigenvalue weighted by Crippen LogP contribution is 2.38. The molecule has 3 aromatic rings. The van der Waals surface area contributed by atoms with Crippen molar-refractivity contribution in [3.8, 4) is 28.7 Å². The van der Waals surface area contributed by atoms with Gasteiger partial charge in [-0.1, -0.05) is 29.8 Å². The molecular formula is C30H32ClN3O2. The maximum Gasteiger partial charge on any atom is 0.163 e. The van der Waals surface area contributed by atoms with E-state index in [4.69, 9.17) is 16.3 Å². The van der Waals surface area contributed by atoms with Crippen LogP contribution in [0.4, 0.5) is 0 Å². The molecule has 0 aliphatic carbocycles. The summed E-state index contributed by atoms with van der Waals surface area (Å²) < 4.78 is 6.08. The third-order valence-electron chi connectivity index (χ3n) is 6.66. The Balaban J connectivity index is 1.54. The van der Waals surface area contributed by atoms with Gasteiger partial charge in [-0.25, -0.2) is 0 Å². The predicted molar refractivity (Wildman–Crippen MR) is 144 cm³/mol. The van der Waals surface area contributed by atoms with Crippen molar-refractivity contribution in [3.63, 3.8) is 0 Å². The summed E-state index contributed by atoms with van der Waals surface area (Å²) in [6.45, 7) is 10.7. The molecule has 0 atom stereocenters. The van der Waals surface area contributed by atoms with Crippen molar-refractivity contribution in [2.45, 2.75) is 65.0 Å². The van der Waals surface area contributed by atoms with Gasteiger partial charge in [0.2, 0.25) is 0 Å². The van der Waals surface area contributed by atoms with Crippen LogP contribution in [0.1, 0.15) is 68.6 Å². The van der Waals surface area contributed by atoms with Crippen molar-refractivity contribution in [1.29, 1.82) is 5.26 Å². The molecule has 4 rings (SSSR count). The van der Waals surface area contributed by atoms with Gasteiger partial charge < -0.3 is 10.1 Å². The number of aryl methyl sites for hydroxylation is 1. The molecule has 1 saturated heterocycles. The molecular weight excluding hydrogens is 470 g/mol. The van der Waals surface area contributed by atoms with Crippen LogP contribution in [0, 0.1) is 24.2 Å². The summed E-state index contributed by atoms with van der Waals surface area (Å²) in [5.41, 5.74) is 3.40. The lowest BCUT2D eigenvalue weighted by atomic mass is 9.74. The minimum Gasteiger partial charge on any atom is -0.454 e. The van der Waals surface area contributed by atoms with E-state index in [1.165, 1.54) is 0 Å². The Morgan fingerprint density at radius 2 is 1.78 bits per heavy atom. The van der Waals surface area contributed by atoms with Gasteiger partial charge in [0.25, 0.3) is 0 Å². The second kappa shape index (κ2) is 10.0.